The van der Waals surface area contributed by atoms with Crippen molar-refractivity contribution in [2.24, 2.45) is 0 Å². The van der Waals surface area contributed by atoms with E-state index in [4.69, 9.17) is 9.47 Å². The summed E-state index contributed by atoms with van der Waals surface area (Å²) in [6, 6.07) is 19.3. The van der Waals surface area contributed by atoms with E-state index >= 15 is 0 Å². The molecule has 0 saturated carbocycles. The lowest BCUT2D eigenvalue weighted by Gasteiger charge is -2.19. The van der Waals surface area contributed by atoms with E-state index in [1.165, 1.54) is 38.4 Å². The number of nitrogens with zero attached hydrogens (tertiary/aromatic N) is 1. The van der Waals surface area contributed by atoms with Gasteiger partial charge < -0.3 is 14.8 Å². The first-order valence-electron chi connectivity index (χ1n) is 9.98. The molecule has 9 heteroatoms. The van der Waals surface area contributed by atoms with E-state index in [1.807, 2.05) is 13.0 Å². The molecule has 8 nitrogen and oxygen atoms in total. The number of amides is 1. The van der Waals surface area contributed by atoms with Crippen molar-refractivity contribution >= 4 is 33.3 Å². The van der Waals surface area contributed by atoms with Gasteiger partial charge in [0.1, 0.15) is 5.75 Å². The largest absolute Gasteiger partial charge is 0.495 e. The number of anilines is 2. The molecule has 0 fully saturated rings. The Morgan fingerprint density at radius 2 is 1.70 bits per heavy atom. The number of benzene rings is 3. The van der Waals surface area contributed by atoms with E-state index in [2.05, 4.69) is 5.32 Å². The molecule has 0 heterocycles. The Kier molecular flexibility index (Phi) is 7.34. The number of esters is 1. The molecule has 0 spiro atoms. The normalized spacial score (nSPS) is 10.9. The SMILES string of the molecule is COc1ccc(C)cc1NC(=O)COC(=O)c1cccc(S(=O)(=O)N(C)c2ccccc2)c1. The number of carbonyl (C=O) groups is 2. The number of hydrogen-bond donors (Lipinski definition) is 1. The highest BCUT2D eigenvalue weighted by Crippen LogP contribution is 2.25. The predicted octanol–water partition coefficient (Wildman–Crippen LogP) is 3.62. The number of methoxy groups -OCH3 is 1. The predicted molar refractivity (Wildman–Crippen MR) is 125 cm³/mol. The van der Waals surface area contributed by atoms with E-state index in [9.17, 15) is 18.0 Å². The third-order valence-corrected chi connectivity index (χ3v) is 6.59. The van der Waals surface area contributed by atoms with Crippen molar-refractivity contribution in [2.75, 3.05) is 30.4 Å². The molecule has 3 rings (SSSR count). The molecule has 0 aliphatic rings. The van der Waals surface area contributed by atoms with Crippen molar-refractivity contribution in [2.45, 2.75) is 11.8 Å². The number of ether oxygens (including phenoxy) is 2. The molecule has 3 aromatic rings. The van der Waals surface area contributed by atoms with E-state index in [0.29, 0.717) is 17.1 Å². The van der Waals surface area contributed by atoms with Gasteiger partial charge in [-0.2, -0.15) is 0 Å². The monoisotopic (exact) mass is 468 g/mol. The molecule has 0 aliphatic carbocycles. The molecule has 3 aromatic carbocycles. The van der Waals surface area contributed by atoms with E-state index in [-0.39, 0.29) is 10.5 Å². The quantitative estimate of drug-likeness (QED) is 0.507. The van der Waals surface area contributed by atoms with Crippen molar-refractivity contribution < 1.29 is 27.5 Å². The summed E-state index contributed by atoms with van der Waals surface area (Å²) < 4.78 is 37.3. The Morgan fingerprint density at radius 3 is 2.39 bits per heavy atom. The highest BCUT2D eigenvalue weighted by atomic mass is 32.2. The van der Waals surface area contributed by atoms with Crippen LogP contribution in [0.3, 0.4) is 0 Å². The summed E-state index contributed by atoms with van der Waals surface area (Å²) in [6.07, 6.45) is 0. The average Bonchev–Trinajstić information content (AvgIpc) is 2.82. The zero-order chi connectivity index (χ0) is 24.0. The highest BCUT2D eigenvalue weighted by molar-refractivity contribution is 7.92. The lowest BCUT2D eigenvalue weighted by atomic mass is 10.2. The number of sulfonamides is 1. The molecule has 172 valence electrons. The van der Waals surface area contributed by atoms with Crippen molar-refractivity contribution in [3.05, 3.63) is 83.9 Å². The minimum Gasteiger partial charge on any atom is -0.495 e. The van der Waals surface area contributed by atoms with Gasteiger partial charge in [0.05, 0.1) is 28.9 Å². The van der Waals surface area contributed by atoms with Gasteiger partial charge in [-0.25, -0.2) is 13.2 Å². The average molecular weight is 469 g/mol. The van der Waals surface area contributed by atoms with Gasteiger partial charge in [0.2, 0.25) is 0 Å². The number of carbonyl (C=O) groups excluding carboxylic acids is 2. The zero-order valence-corrected chi connectivity index (χ0v) is 19.3. The fourth-order valence-electron chi connectivity index (χ4n) is 3.04. The van der Waals surface area contributed by atoms with Crippen LogP contribution in [-0.2, 0) is 19.6 Å². The second kappa shape index (κ2) is 10.2. The topological polar surface area (TPSA) is 102 Å². The van der Waals surface area contributed by atoms with Crippen molar-refractivity contribution in [3.63, 3.8) is 0 Å². The summed E-state index contributed by atoms with van der Waals surface area (Å²) in [5, 5.41) is 2.63. The molecule has 0 aromatic heterocycles. The van der Waals surface area contributed by atoms with Crippen LogP contribution in [0.5, 0.6) is 5.75 Å². The zero-order valence-electron chi connectivity index (χ0n) is 18.4. The van der Waals surface area contributed by atoms with Gasteiger partial charge in [-0.1, -0.05) is 30.3 Å². The second-order valence-corrected chi connectivity index (χ2v) is 9.13. The first kappa shape index (κ1) is 23.8. The number of rotatable bonds is 8. The summed E-state index contributed by atoms with van der Waals surface area (Å²) >= 11 is 0. The van der Waals surface area contributed by atoms with Crippen molar-refractivity contribution in [1.29, 1.82) is 0 Å². The van der Waals surface area contributed by atoms with Crippen molar-refractivity contribution in [3.8, 4) is 5.75 Å². The molecule has 0 radical (unpaired) electrons. The molecule has 1 amide bonds. The Hall–Kier alpha value is -3.85. The number of hydrogen-bond acceptors (Lipinski definition) is 6. The number of para-hydroxylation sites is 1. The van der Waals surface area contributed by atoms with Crippen LogP contribution in [0.2, 0.25) is 0 Å². The van der Waals surface area contributed by atoms with Crippen LogP contribution in [0.15, 0.2) is 77.7 Å². The summed E-state index contributed by atoms with van der Waals surface area (Å²) in [5.41, 5.74) is 1.87. The Morgan fingerprint density at radius 1 is 0.970 bits per heavy atom. The minimum absolute atomic E-state index is 0.0125. The van der Waals surface area contributed by atoms with Crippen LogP contribution < -0.4 is 14.4 Å². The van der Waals surface area contributed by atoms with E-state index in [1.54, 1.807) is 42.5 Å². The second-order valence-electron chi connectivity index (χ2n) is 7.16. The maximum absolute atomic E-state index is 13.0. The Bertz CT molecular complexity index is 1260. The molecular weight excluding hydrogens is 444 g/mol. The van der Waals surface area contributed by atoms with Crippen molar-refractivity contribution in [1.82, 2.24) is 0 Å². The van der Waals surface area contributed by atoms with Gasteiger partial charge in [-0.15, -0.1) is 0 Å². The van der Waals surface area contributed by atoms with Crippen LogP contribution >= 0.6 is 0 Å². The van der Waals surface area contributed by atoms with Crippen LogP contribution in [0.1, 0.15) is 15.9 Å². The molecule has 0 saturated heterocycles. The summed E-state index contributed by atoms with van der Waals surface area (Å²) in [4.78, 5) is 24.6. The molecular formula is C24H24N2O6S. The fourth-order valence-corrected chi connectivity index (χ4v) is 4.28. The van der Waals surface area contributed by atoms with Crippen LogP contribution in [-0.4, -0.2) is 41.1 Å². The summed E-state index contributed by atoms with van der Waals surface area (Å²) in [6.45, 7) is 1.32. The third kappa shape index (κ3) is 5.69. The minimum atomic E-state index is -3.90. The molecule has 0 unspecified atom stereocenters. The summed E-state index contributed by atoms with van der Waals surface area (Å²) in [5.74, 6) is -0.902. The van der Waals surface area contributed by atoms with Gasteiger partial charge >= 0.3 is 5.97 Å². The van der Waals surface area contributed by atoms with Gasteiger partial charge in [0.25, 0.3) is 15.9 Å². The fraction of sp³-hybridized carbons (Fsp3) is 0.167. The summed E-state index contributed by atoms with van der Waals surface area (Å²) in [7, 11) is -0.987. The smallest absolute Gasteiger partial charge is 0.338 e. The highest BCUT2D eigenvalue weighted by Gasteiger charge is 2.23. The standard InChI is InChI=1S/C24H24N2O6S/c1-17-12-13-22(31-3)21(14-17)25-23(27)16-32-24(28)18-8-7-11-20(15-18)33(29,30)26(2)19-9-5-4-6-10-19/h4-15H,16H2,1-3H3,(H,25,27). The molecule has 33 heavy (non-hydrogen) atoms. The molecule has 0 bridgehead atoms. The molecule has 1 N–H and O–H groups in total. The van der Waals surface area contributed by atoms with Crippen LogP contribution in [0.4, 0.5) is 11.4 Å². The van der Waals surface area contributed by atoms with Gasteiger partial charge in [-0.3, -0.25) is 9.10 Å². The number of nitrogens with one attached hydrogen (secondary N) is 1. The third-order valence-electron chi connectivity index (χ3n) is 4.81. The maximum atomic E-state index is 13.0. The van der Waals surface area contributed by atoms with Gasteiger partial charge in [0, 0.05) is 7.05 Å². The first-order valence-corrected chi connectivity index (χ1v) is 11.4. The first-order chi connectivity index (χ1) is 15.7. The molecule has 0 aliphatic heterocycles. The van der Waals surface area contributed by atoms with Crippen LogP contribution in [0.25, 0.3) is 0 Å². The van der Waals surface area contributed by atoms with Crippen LogP contribution in [0, 0.1) is 6.92 Å². The molecule has 0 atom stereocenters. The van der Waals surface area contributed by atoms with Gasteiger partial charge in [0.15, 0.2) is 6.61 Å². The van der Waals surface area contributed by atoms with Gasteiger partial charge in [-0.05, 0) is 55.0 Å². The maximum Gasteiger partial charge on any atom is 0.338 e. The number of aryl methyl sites for hydroxylation is 1. The Labute approximate surface area is 192 Å². The van der Waals surface area contributed by atoms with E-state index < -0.39 is 28.5 Å². The Balaban J connectivity index is 1.69. The van der Waals surface area contributed by atoms with E-state index in [0.717, 1.165) is 9.87 Å². The lowest BCUT2D eigenvalue weighted by Crippen LogP contribution is -2.26. The lowest BCUT2D eigenvalue weighted by molar-refractivity contribution is -0.119.